The van der Waals surface area contributed by atoms with Crippen LogP contribution in [0.25, 0.3) is 0 Å². The van der Waals surface area contributed by atoms with E-state index in [9.17, 15) is 14.4 Å². The highest BCUT2D eigenvalue weighted by atomic mass is 16.5. The van der Waals surface area contributed by atoms with Crippen LogP contribution in [-0.4, -0.2) is 40.3 Å². The van der Waals surface area contributed by atoms with Gasteiger partial charge in [0.1, 0.15) is 11.5 Å². The zero-order valence-electron chi connectivity index (χ0n) is 20.7. The summed E-state index contributed by atoms with van der Waals surface area (Å²) < 4.78 is 12.5. The first-order chi connectivity index (χ1) is 15.8. The molecule has 0 radical (unpaired) electrons. The Morgan fingerprint density at radius 3 is 2.39 bits per heavy atom. The fraction of sp³-hybridized carbons (Fsp3) is 0.577. The van der Waals surface area contributed by atoms with E-state index in [0.717, 1.165) is 25.7 Å². The molecule has 0 saturated heterocycles. The number of ketones is 1. The number of hydrogen-bond acceptors (Lipinski definition) is 5. The van der Waals surface area contributed by atoms with Gasteiger partial charge in [-0.15, -0.1) is 0 Å². The quantitative estimate of drug-likeness (QED) is 0.213. The lowest BCUT2D eigenvalue weighted by Crippen LogP contribution is -2.35. The minimum atomic E-state index is -0.436. The van der Waals surface area contributed by atoms with Crippen LogP contribution in [0.15, 0.2) is 22.8 Å². The Bertz CT molecular complexity index is 927. The molecule has 0 unspecified atom stereocenters. The van der Waals surface area contributed by atoms with Gasteiger partial charge in [0.25, 0.3) is 0 Å². The predicted molar refractivity (Wildman–Crippen MR) is 127 cm³/mol. The molecule has 2 aromatic heterocycles. The van der Waals surface area contributed by atoms with E-state index in [0.29, 0.717) is 41.2 Å². The van der Waals surface area contributed by atoms with Crippen molar-refractivity contribution in [2.24, 2.45) is 0 Å². The molecule has 0 bridgehead atoms. The summed E-state index contributed by atoms with van der Waals surface area (Å²) in [5, 5.41) is 0. The normalized spacial score (nSPS) is 10.9. The third-order valence-corrected chi connectivity index (χ3v) is 5.94. The monoisotopic (exact) mass is 458 g/mol. The van der Waals surface area contributed by atoms with Gasteiger partial charge in [0.2, 0.25) is 5.91 Å². The molecule has 0 aliphatic rings. The lowest BCUT2D eigenvalue weighted by Gasteiger charge is -2.21. The van der Waals surface area contributed by atoms with Crippen molar-refractivity contribution in [3.8, 4) is 0 Å². The molecule has 2 heterocycles. The lowest BCUT2D eigenvalue weighted by molar-refractivity contribution is -0.131. The van der Waals surface area contributed by atoms with Gasteiger partial charge in [0.05, 0.1) is 26.0 Å². The van der Waals surface area contributed by atoms with Gasteiger partial charge in [-0.1, -0.05) is 32.6 Å². The van der Waals surface area contributed by atoms with Gasteiger partial charge in [-0.3, -0.25) is 9.59 Å². The fourth-order valence-corrected chi connectivity index (χ4v) is 4.28. The first kappa shape index (κ1) is 26.4. The number of carbonyl (C=O) groups is 3. The summed E-state index contributed by atoms with van der Waals surface area (Å²) in [7, 11) is 0. The van der Waals surface area contributed by atoms with E-state index in [1.165, 1.54) is 6.42 Å². The van der Waals surface area contributed by atoms with E-state index >= 15 is 0 Å². The van der Waals surface area contributed by atoms with E-state index in [-0.39, 0.29) is 31.4 Å². The van der Waals surface area contributed by atoms with Crippen LogP contribution in [0.2, 0.25) is 0 Å². The second kappa shape index (κ2) is 13.0. The summed E-state index contributed by atoms with van der Waals surface area (Å²) >= 11 is 0. The lowest BCUT2D eigenvalue weighted by atomic mass is 10.0. The number of carbonyl (C=O) groups excluding carboxylic acids is 3. The van der Waals surface area contributed by atoms with Crippen LogP contribution in [-0.2, 0) is 22.6 Å². The van der Waals surface area contributed by atoms with Crippen molar-refractivity contribution in [1.29, 1.82) is 0 Å². The summed E-state index contributed by atoms with van der Waals surface area (Å²) in [5.41, 5.74) is 2.20. The molecule has 7 heteroatoms. The largest absolute Gasteiger partial charge is 0.467 e. The Kier molecular flexibility index (Phi) is 10.4. The number of furan rings is 1. The van der Waals surface area contributed by atoms with E-state index in [4.69, 9.17) is 9.15 Å². The van der Waals surface area contributed by atoms with Crippen molar-refractivity contribution < 1.29 is 23.5 Å². The summed E-state index contributed by atoms with van der Waals surface area (Å²) in [6, 6.07) is 3.57. The smallest absolute Gasteiger partial charge is 0.355 e. The molecule has 0 aromatic carbocycles. The first-order valence-electron chi connectivity index (χ1n) is 12.1. The van der Waals surface area contributed by atoms with Crippen LogP contribution < -0.4 is 0 Å². The molecule has 0 aliphatic carbocycles. The van der Waals surface area contributed by atoms with Gasteiger partial charge in [0, 0.05) is 24.2 Å². The average Bonchev–Trinajstić information content (AvgIpc) is 3.38. The van der Waals surface area contributed by atoms with Gasteiger partial charge in [-0.2, -0.15) is 0 Å². The van der Waals surface area contributed by atoms with Gasteiger partial charge >= 0.3 is 5.97 Å². The second-order valence-corrected chi connectivity index (χ2v) is 8.32. The molecule has 0 spiro atoms. The van der Waals surface area contributed by atoms with Crippen molar-refractivity contribution in [2.75, 3.05) is 13.2 Å². The highest BCUT2D eigenvalue weighted by molar-refractivity contribution is 6.04. The zero-order valence-corrected chi connectivity index (χ0v) is 20.7. The SMILES string of the molecule is CCCCCCCC(=O)N(CC(=O)c1c(C)c(C(=O)OCC)n(CC)c1C)Cc1ccco1. The second-order valence-electron chi connectivity index (χ2n) is 8.32. The Labute approximate surface area is 197 Å². The highest BCUT2D eigenvalue weighted by Crippen LogP contribution is 2.24. The van der Waals surface area contributed by atoms with Gasteiger partial charge < -0.3 is 18.6 Å². The van der Waals surface area contributed by atoms with Gasteiger partial charge in [-0.25, -0.2) is 4.79 Å². The molecule has 1 amide bonds. The predicted octanol–water partition coefficient (Wildman–Crippen LogP) is 5.47. The Hall–Kier alpha value is -2.83. The number of nitrogens with zero attached hydrogens (tertiary/aromatic N) is 2. The van der Waals surface area contributed by atoms with Crippen LogP contribution >= 0.6 is 0 Å². The summed E-state index contributed by atoms with van der Waals surface area (Å²) in [6.45, 7) is 10.4. The zero-order chi connectivity index (χ0) is 24.4. The number of esters is 1. The summed E-state index contributed by atoms with van der Waals surface area (Å²) in [6.07, 6.45) is 7.20. The van der Waals surface area contributed by atoms with Crippen LogP contribution in [0.1, 0.15) is 97.2 Å². The van der Waals surface area contributed by atoms with Crippen LogP contribution in [0.5, 0.6) is 0 Å². The highest BCUT2D eigenvalue weighted by Gasteiger charge is 2.28. The van der Waals surface area contributed by atoms with Crippen LogP contribution in [0.3, 0.4) is 0 Å². The molecule has 0 fully saturated rings. The Morgan fingerprint density at radius 2 is 1.79 bits per heavy atom. The summed E-state index contributed by atoms with van der Waals surface area (Å²) in [4.78, 5) is 40.5. The molecule has 33 heavy (non-hydrogen) atoms. The van der Waals surface area contributed by atoms with Crippen molar-refractivity contribution in [3.05, 3.63) is 46.7 Å². The maximum Gasteiger partial charge on any atom is 0.355 e. The molecule has 7 nitrogen and oxygen atoms in total. The molecule has 182 valence electrons. The van der Waals surface area contributed by atoms with Crippen LogP contribution in [0.4, 0.5) is 0 Å². The average molecular weight is 459 g/mol. The molecule has 0 N–H and O–H groups in total. The molecule has 0 aliphatic heterocycles. The Balaban J connectivity index is 2.24. The van der Waals surface area contributed by atoms with Crippen molar-refractivity contribution in [1.82, 2.24) is 9.47 Å². The number of hydrogen-bond donors (Lipinski definition) is 0. The minimum Gasteiger partial charge on any atom is -0.467 e. The minimum absolute atomic E-state index is 0.0629. The van der Waals surface area contributed by atoms with E-state index in [1.807, 2.05) is 18.4 Å². The molecule has 0 atom stereocenters. The molecule has 0 saturated carbocycles. The topological polar surface area (TPSA) is 81.8 Å². The van der Waals surface area contributed by atoms with E-state index < -0.39 is 5.97 Å². The van der Waals surface area contributed by atoms with Crippen molar-refractivity contribution in [3.63, 3.8) is 0 Å². The number of aromatic nitrogens is 1. The van der Waals surface area contributed by atoms with Crippen molar-refractivity contribution in [2.45, 2.75) is 86.2 Å². The number of unbranched alkanes of at least 4 members (excludes halogenated alkanes) is 4. The van der Waals surface area contributed by atoms with E-state index in [2.05, 4.69) is 6.92 Å². The van der Waals surface area contributed by atoms with Gasteiger partial charge in [-0.05, 0) is 51.8 Å². The maximum absolute atomic E-state index is 13.4. The molecular weight excluding hydrogens is 420 g/mol. The number of rotatable bonds is 14. The fourth-order valence-electron chi connectivity index (χ4n) is 4.28. The standard InChI is InChI=1S/C26H38N2O5/c1-6-9-10-11-12-15-23(30)27(17-21-14-13-16-33-21)18-22(29)24-19(4)25(26(31)32-8-3)28(7-2)20(24)5/h13-14,16H,6-12,15,17-18H2,1-5H3. The third-order valence-electron chi connectivity index (χ3n) is 5.94. The molecular formula is C26H38N2O5. The third kappa shape index (κ3) is 6.83. The number of amides is 1. The van der Waals surface area contributed by atoms with Crippen molar-refractivity contribution >= 4 is 17.7 Å². The Morgan fingerprint density at radius 1 is 1.06 bits per heavy atom. The number of Topliss-reactive ketones (excluding diaryl/α,β-unsaturated/α-hetero) is 1. The van der Waals surface area contributed by atoms with Gasteiger partial charge in [0.15, 0.2) is 5.78 Å². The first-order valence-corrected chi connectivity index (χ1v) is 12.1. The molecule has 2 rings (SSSR count). The number of ether oxygens (including phenoxy) is 1. The summed E-state index contributed by atoms with van der Waals surface area (Å²) in [5.74, 6) is -0.0516. The van der Waals surface area contributed by atoms with Crippen LogP contribution in [0, 0.1) is 13.8 Å². The molecule has 2 aromatic rings. The maximum atomic E-state index is 13.4. The van der Waals surface area contributed by atoms with E-state index in [1.54, 1.807) is 37.1 Å².